The molecule has 0 spiro atoms. The van der Waals surface area contributed by atoms with E-state index in [0.717, 1.165) is 6.07 Å². The number of carboxylic acid groups (broad SMARTS) is 1. The summed E-state index contributed by atoms with van der Waals surface area (Å²) in [6.45, 7) is 0. The standard InChI is InChI=1S/C11H10F3NO4/c1-19-8-4-6(5-9(16)17)2-3-7(8)15-10(18)11(12,13)14/h2-4H,5H2,1H3,(H,15,18)(H,16,17). The minimum atomic E-state index is -5.01. The molecule has 19 heavy (non-hydrogen) atoms. The van der Waals surface area contributed by atoms with Gasteiger partial charge in [-0.3, -0.25) is 9.59 Å². The van der Waals surface area contributed by atoms with Crippen LogP contribution in [0, 0.1) is 0 Å². The number of hydrogen-bond donors (Lipinski definition) is 2. The lowest BCUT2D eigenvalue weighted by Crippen LogP contribution is -2.30. The maximum atomic E-state index is 12.1. The minimum absolute atomic E-state index is 0.0450. The van der Waals surface area contributed by atoms with Crippen molar-refractivity contribution in [3.63, 3.8) is 0 Å². The first-order valence-electron chi connectivity index (χ1n) is 5.01. The van der Waals surface area contributed by atoms with Gasteiger partial charge in [0.05, 0.1) is 19.2 Å². The van der Waals surface area contributed by atoms with Gasteiger partial charge in [0.1, 0.15) is 5.75 Å². The smallest absolute Gasteiger partial charge is 0.471 e. The van der Waals surface area contributed by atoms with E-state index in [0.29, 0.717) is 5.56 Å². The average Bonchev–Trinajstić information content (AvgIpc) is 2.29. The van der Waals surface area contributed by atoms with Crippen LogP contribution >= 0.6 is 0 Å². The monoisotopic (exact) mass is 277 g/mol. The summed E-state index contributed by atoms with van der Waals surface area (Å²) in [5.74, 6) is -3.26. The molecule has 0 aliphatic carbocycles. The van der Waals surface area contributed by atoms with E-state index in [1.54, 1.807) is 5.32 Å². The van der Waals surface area contributed by atoms with Crippen LogP contribution in [-0.4, -0.2) is 30.3 Å². The quantitative estimate of drug-likeness (QED) is 0.880. The van der Waals surface area contributed by atoms with Crippen LogP contribution in [0.15, 0.2) is 18.2 Å². The molecule has 0 aromatic heterocycles. The molecule has 0 saturated heterocycles. The van der Waals surface area contributed by atoms with E-state index < -0.39 is 18.1 Å². The molecule has 0 atom stereocenters. The van der Waals surface area contributed by atoms with Gasteiger partial charge >= 0.3 is 18.1 Å². The van der Waals surface area contributed by atoms with E-state index in [4.69, 9.17) is 9.84 Å². The Morgan fingerprint density at radius 1 is 1.37 bits per heavy atom. The molecule has 0 heterocycles. The summed E-state index contributed by atoms with van der Waals surface area (Å²) in [4.78, 5) is 21.3. The zero-order chi connectivity index (χ0) is 14.6. The zero-order valence-electron chi connectivity index (χ0n) is 9.75. The number of nitrogens with one attached hydrogen (secondary N) is 1. The molecule has 0 bridgehead atoms. The van der Waals surface area contributed by atoms with Crippen LogP contribution in [0.2, 0.25) is 0 Å². The highest BCUT2D eigenvalue weighted by atomic mass is 19.4. The van der Waals surface area contributed by atoms with Crippen molar-refractivity contribution in [3.05, 3.63) is 23.8 Å². The second kappa shape index (κ2) is 5.59. The van der Waals surface area contributed by atoms with Gasteiger partial charge in [0.15, 0.2) is 0 Å². The fourth-order valence-corrected chi connectivity index (χ4v) is 1.32. The molecule has 8 heteroatoms. The summed E-state index contributed by atoms with van der Waals surface area (Å²) in [7, 11) is 1.20. The van der Waals surface area contributed by atoms with Crippen molar-refractivity contribution in [1.82, 2.24) is 0 Å². The molecular weight excluding hydrogens is 267 g/mol. The molecule has 0 aliphatic heterocycles. The van der Waals surface area contributed by atoms with Crippen molar-refractivity contribution in [2.24, 2.45) is 0 Å². The van der Waals surface area contributed by atoms with Gasteiger partial charge in [-0.05, 0) is 17.7 Å². The highest BCUT2D eigenvalue weighted by Crippen LogP contribution is 2.27. The van der Waals surface area contributed by atoms with Crippen molar-refractivity contribution >= 4 is 17.6 Å². The molecule has 0 radical (unpaired) electrons. The first-order valence-corrected chi connectivity index (χ1v) is 5.01. The van der Waals surface area contributed by atoms with Crippen molar-refractivity contribution in [3.8, 4) is 5.75 Å². The van der Waals surface area contributed by atoms with Crippen molar-refractivity contribution < 1.29 is 32.6 Å². The summed E-state index contributed by atoms with van der Waals surface area (Å²) in [5.41, 5.74) is 0.160. The van der Waals surface area contributed by atoms with Gasteiger partial charge in [0.25, 0.3) is 0 Å². The van der Waals surface area contributed by atoms with E-state index >= 15 is 0 Å². The summed E-state index contributed by atoms with van der Waals surface area (Å²) in [6, 6.07) is 3.70. The van der Waals surface area contributed by atoms with E-state index in [1.807, 2.05) is 0 Å². The summed E-state index contributed by atoms with van der Waals surface area (Å²) >= 11 is 0. The Bertz CT molecular complexity index is 499. The van der Waals surface area contributed by atoms with Crippen LogP contribution in [0.4, 0.5) is 18.9 Å². The van der Waals surface area contributed by atoms with Crippen LogP contribution in [-0.2, 0) is 16.0 Å². The number of carbonyl (C=O) groups is 2. The molecule has 1 aromatic rings. The number of aliphatic carboxylic acids is 1. The molecule has 1 aromatic carbocycles. The molecule has 2 N–H and O–H groups in total. The van der Waals surface area contributed by atoms with Crippen molar-refractivity contribution in [2.75, 3.05) is 12.4 Å². The number of methoxy groups -OCH3 is 1. The number of carboxylic acids is 1. The van der Waals surface area contributed by atoms with Gasteiger partial charge in [0, 0.05) is 0 Å². The molecule has 5 nitrogen and oxygen atoms in total. The third-order valence-electron chi connectivity index (χ3n) is 2.13. The number of carbonyl (C=O) groups excluding carboxylic acids is 1. The lowest BCUT2D eigenvalue weighted by Gasteiger charge is -2.12. The van der Waals surface area contributed by atoms with Gasteiger partial charge in [-0.15, -0.1) is 0 Å². The van der Waals surface area contributed by atoms with Gasteiger partial charge in [-0.1, -0.05) is 6.07 Å². The zero-order valence-corrected chi connectivity index (χ0v) is 9.75. The molecule has 1 rings (SSSR count). The van der Waals surface area contributed by atoms with Crippen LogP contribution in [0.3, 0.4) is 0 Å². The van der Waals surface area contributed by atoms with E-state index in [-0.39, 0.29) is 17.9 Å². The Morgan fingerprint density at radius 2 is 2.00 bits per heavy atom. The topological polar surface area (TPSA) is 75.6 Å². The highest BCUT2D eigenvalue weighted by molar-refractivity contribution is 5.96. The molecular formula is C11H10F3NO4. The van der Waals surface area contributed by atoms with Crippen LogP contribution < -0.4 is 10.1 Å². The summed E-state index contributed by atoms with van der Waals surface area (Å²) < 4.78 is 41.1. The number of benzene rings is 1. The third-order valence-corrected chi connectivity index (χ3v) is 2.13. The van der Waals surface area contributed by atoms with Crippen LogP contribution in [0.25, 0.3) is 0 Å². The molecule has 0 unspecified atom stereocenters. The Balaban J connectivity index is 2.96. The molecule has 1 amide bonds. The normalized spacial score (nSPS) is 10.9. The lowest BCUT2D eigenvalue weighted by atomic mass is 10.1. The Kier molecular flexibility index (Phi) is 4.36. The average molecular weight is 277 g/mol. The second-order valence-electron chi connectivity index (χ2n) is 3.56. The van der Waals surface area contributed by atoms with Gasteiger partial charge in [0.2, 0.25) is 0 Å². The predicted molar refractivity (Wildman–Crippen MR) is 59.0 cm³/mol. The number of ether oxygens (including phenoxy) is 1. The SMILES string of the molecule is COc1cc(CC(=O)O)ccc1NC(=O)C(F)(F)F. The first kappa shape index (κ1) is 14.8. The first-order chi connectivity index (χ1) is 8.74. The maximum absolute atomic E-state index is 12.1. The van der Waals surface area contributed by atoms with Crippen LogP contribution in [0.5, 0.6) is 5.75 Å². The van der Waals surface area contributed by atoms with Crippen molar-refractivity contribution in [1.29, 1.82) is 0 Å². The second-order valence-corrected chi connectivity index (χ2v) is 3.56. The maximum Gasteiger partial charge on any atom is 0.471 e. The van der Waals surface area contributed by atoms with Gasteiger partial charge in [-0.2, -0.15) is 13.2 Å². The fourth-order valence-electron chi connectivity index (χ4n) is 1.32. The molecule has 0 aliphatic rings. The highest BCUT2D eigenvalue weighted by Gasteiger charge is 2.39. The van der Waals surface area contributed by atoms with Crippen molar-refractivity contribution in [2.45, 2.75) is 12.6 Å². The number of amides is 1. The number of rotatable bonds is 4. The van der Waals surface area contributed by atoms with E-state index in [9.17, 15) is 22.8 Å². The molecule has 0 fully saturated rings. The van der Waals surface area contributed by atoms with Crippen LogP contribution in [0.1, 0.15) is 5.56 Å². The Morgan fingerprint density at radius 3 is 2.47 bits per heavy atom. The number of alkyl halides is 3. The van der Waals surface area contributed by atoms with Gasteiger partial charge < -0.3 is 15.2 Å². The summed E-state index contributed by atoms with van der Waals surface area (Å²) in [6.07, 6.45) is -5.31. The van der Waals surface area contributed by atoms with Gasteiger partial charge in [-0.25, -0.2) is 0 Å². The van der Waals surface area contributed by atoms with E-state index in [2.05, 4.69) is 0 Å². The molecule has 0 saturated carbocycles. The Hall–Kier alpha value is -2.25. The molecule has 104 valence electrons. The van der Waals surface area contributed by atoms with E-state index in [1.165, 1.54) is 19.2 Å². The largest absolute Gasteiger partial charge is 0.495 e. The number of anilines is 1. The number of hydrogen-bond acceptors (Lipinski definition) is 3. The fraction of sp³-hybridized carbons (Fsp3) is 0.273. The number of halogens is 3. The summed E-state index contributed by atoms with van der Waals surface area (Å²) in [5, 5.41) is 10.2. The predicted octanol–water partition coefficient (Wildman–Crippen LogP) is 1.82. The Labute approximate surface area is 106 Å². The lowest BCUT2D eigenvalue weighted by molar-refractivity contribution is -0.167. The minimum Gasteiger partial charge on any atom is -0.495 e. The third kappa shape index (κ3) is 4.16.